The second-order valence-corrected chi connectivity index (χ2v) is 1.95. The second-order valence-electron chi connectivity index (χ2n) is 1.95. The van der Waals surface area contributed by atoms with Gasteiger partial charge in [-0.15, -0.1) is 0 Å². The Labute approximate surface area is 65.1 Å². The number of nitrogens with two attached hydrogens (primary N) is 2. The summed E-state index contributed by atoms with van der Waals surface area (Å²) < 4.78 is 0. The number of aliphatic hydroxyl groups is 2. The Hall–Kier alpha value is -1.58. The normalized spacial score (nSPS) is 14.1. The van der Waals surface area contributed by atoms with Gasteiger partial charge in [-0.25, -0.2) is 0 Å². The first-order valence-electron chi connectivity index (χ1n) is 2.99. The molecule has 0 aromatic heterocycles. The monoisotopic (exact) mass is 156 g/mol. The zero-order valence-electron chi connectivity index (χ0n) is 6.33. The van der Waals surface area contributed by atoms with E-state index in [2.05, 4.69) is 6.58 Å². The van der Waals surface area contributed by atoms with Crippen LogP contribution >= 0.6 is 0 Å². The van der Waals surface area contributed by atoms with E-state index in [0.29, 0.717) is 0 Å². The summed E-state index contributed by atoms with van der Waals surface area (Å²) in [5, 5.41) is 17.7. The third-order valence-electron chi connectivity index (χ3n) is 1.15. The largest absolute Gasteiger partial charge is 0.506 e. The number of aliphatic hydroxyl groups excluding tert-OH is 2. The van der Waals surface area contributed by atoms with Gasteiger partial charge in [0.2, 0.25) is 0 Å². The van der Waals surface area contributed by atoms with E-state index >= 15 is 0 Å². The molecule has 0 unspecified atom stereocenters. The summed E-state index contributed by atoms with van der Waals surface area (Å²) in [5.41, 5.74) is 10.3. The van der Waals surface area contributed by atoms with Crippen LogP contribution in [0.5, 0.6) is 0 Å². The molecule has 0 spiro atoms. The van der Waals surface area contributed by atoms with Gasteiger partial charge in [0.1, 0.15) is 22.9 Å². The maximum Gasteiger partial charge on any atom is 0.136 e. The molecule has 0 saturated heterocycles. The molecular formula is C7H12N2O2. The Balaban J connectivity index is 4.81. The predicted molar refractivity (Wildman–Crippen MR) is 43.6 cm³/mol. The second kappa shape index (κ2) is 3.55. The molecule has 0 heterocycles. The van der Waals surface area contributed by atoms with E-state index in [9.17, 15) is 0 Å². The number of hydrogen-bond acceptors (Lipinski definition) is 4. The quantitative estimate of drug-likeness (QED) is 0.349. The average Bonchev–Trinajstić information content (AvgIpc) is 2.00. The van der Waals surface area contributed by atoms with Crippen molar-refractivity contribution in [3.63, 3.8) is 0 Å². The number of allylic oxidation sites excluding steroid dienone is 1. The van der Waals surface area contributed by atoms with Gasteiger partial charge in [-0.05, 0) is 13.0 Å². The molecule has 0 aliphatic heterocycles. The van der Waals surface area contributed by atoms with E-state index in [4.69, 9.17) is 21.7 Å². The Kier molecular flexibility index (Phi) is 3.04. The first kappa shape index (κ1) is 9.42. The SMILES string of the molecule is C=C(O)/C(N)=C(N)\C(O)=C/C. The van der Waals surface area contributed by atoms with Crippen LogP contribution in [0.4, 0.5) is 0 Å². The van der Waals surface area contributed by atoms with Gasteiger partial charge in [0.15, 0.2) is 0 Å². The summed E-state index contributed by atoms with van der Waals surface area (Å²) >= 11 is 0. The molecule has 62 valence electrons. The fraction of sp³-hybridized carbons (Fsp3) is 0.143. The summed E-state index contributed by atoms with van der Waals surface area (Å²) in [6, 6.07) is 0. The van der Waals surface area contributed by atoms with Crippen molar-refractivity contribution in [2.24, 2.45) is 11.5 Å². The van der Waals surface area contributed by atoms with Crippen molar-refractivity contribution in [3.05, 3.63) is 35.6 Å². The minimum absolute atomic E-state index is 0.0694. The highest BCUT2D eigenvalue weighted by Gasteiger charge is 2.04. The zero-order chi connectivity index (χ0) is 9.02. The van der Waals surface area contributed by atoms with Crippen molar-refractivity contribution >= 4 is 0 Å². The Morgan fingerprint density at radius 1 is 1.27 bits per heavy atom. The maximum atomic E-state index is 8.99. The van der Waals surface area contributed by atoms with Crippen molar-refractivity contribution in [3.8, 4) is 0 Å². The highest BCUT2D eigenvalue weighted by molar-refractivity contribution is 5.33. The molecule has 0 rings (SSSR count). The highest BCUT2D eigenvalue weighted by Crippen LogP contribution is 2.06. The van der Waals surface area contributed by atoms with E-state index in [1.54, 1.807) is 6.92 Å². The fourth-order valence-electron chi connectivity index (χ4n) is 0.449. The van der Waals surface area contributed by atoms with Crippen LogP contribution in [0.1, 0.15) is 6.92 Å². The maximum absolute atomic E-state index is 8.99. The third-order valence-corrected chi connectivity index (χ3v) is 1.15. The van der Waals surface area contributed by atoms with Crippen LogP contribution in [-0.2, 0) is 0 Å². The van der Waals surface area contributed by atoms with Gasteiger partial charge in [-0.2, -0.15) is 0 Å². The van der Waals surface area contributed by atoms with E-state index in [1.807, 2.05) is 0 Å². The van der Waals surface area contributed by atoms with Gasteiger partial charge < -0.3 is 21.7 Å². The van der Waals surface area contributed by atoms with Gasteiger partial charge in [0.05, 0.1) is 0 Å². The van der Waals surface area contributed by atoms with E-state index in [1.165, 1.54) is 6.08 Å². The van der Waals surface area contributed by atoms with Crippen LogP contribution in [-0.4, -0.2) is 10.2 Å². The third kappa shape index (κ3) is 2.25. The molecule has 11 heavy (non-hydrogen) atoms. The molecule has 0 aliphatic rings. The summed E-state index contributed by atoms with van der Waals surface area (Å²) in [6.07, 6.45) is 1.37. The lowest BCUT2D eigenvalue weighted by Gasteiger charge is -2.03. The van der Waals surface area contributed by atoms with Gasteiger partial charge >= 0.3 is 0 Å². The van der Waals surface area contributed by atoms with Crippen LogP contribution in [0.3, 0.4) is 0 Å². The molecule has 0 fully saturated rings. The van der Waals surface area contributed by atoms with Gasteiger partial charge in [-0.3, -0.25) is 0 Å². The van der Waals surface area contributed by atoms with Crippen molar-refractivity contribution in [1.29, 1.82) is 0 Å². The summed E-state index contributed by atoms with van der Waals surface area (Å²) in [5.74, 6) is -0.520. The van der Waals surface area contributed by atoms with Crippen molar-refractivity contribution in [2.75, 3.05) is 0 Å². The lowest BCUT2D eigenvalue weighted by atomic mass is 10.2. The predicted octanol–water partition coefficient (Wildman–Crippen LogP) is 0.649. The summed E-state index contributed by atoms with van der Waals surface area (Å²) in [4.78, 5) is 0. The molecule has 0 bridgehead atoms. The Bertz CT molecular complexity index is 229. The van der Waals surface area contributed by atoms with Crippen LogP contribution < -0.4 is 11.5 Å². The Morgan fingerprint density at radius 3 is 2.00 bits per heavy atom. The molecule has 0 aromatic carbocycles. The lowest BCUT2D eigenvalue weighted by Crippen LogP contribution is -2.13. The molecular weight excluding hydrogens is 144 g/mol. The molecule has 0 aromatic rings. The fourth-order valence-corrected chi connectivity index (χ4v) is 0.449. The number of hydrogen-bond donors (Lipinski definition) is 4. The van der Waals surface area contributed by atoms with Gasteiger partial charge in [0.25, 0.3) is 0 Å². The molecule has 6 N–H and O–H groups in total. The van der Waals surface area contributed by atoms with Crippen LogP contribution in [0.15, 0.2) is 35.6 Å². The molecule has 0 amide bonds. The Morgan fingerprint density at radius 2 is 1.73 bits per heavy atom. The lowest BCUT2D eigenvalue weighted by molar-refractivity contribution is 0.406. The smallest absolute Gasteiger partial charge is 0.136 e. The number of rotatable bonds is 2. The minimum Gasteiger partial charge on any atom is -0.506 e. The van der Waals surface area contributed by atoms with E-state index < -0.39 is 0 Å². The molecule has 0 saturated carbocycles. The first-order valence-corrected chi connectivity index (χ1v) is 2.99. The van der Waals surface area contributed by atoms with Crippen LogP contribution in [0, 0.1) is 0 Å². The van der Waals surface area contributed by atoms with Crippen LogP contribution in [0.2, 0.25) is 0 Å². The molecule has 4 nitrogen and oxygen atoms in total. The molecule has 4 heteroatoms. The first-order chi connectivity index (χ1) is 5.00. The summed E-state index contributed by atoms with van der Waals surface area (Å²) in [7, 11) is 0. The molecule has 0 atom stereocenters. The van der Waals surface area contributed by atoms with Crippen molar-refractivity contribution in [1.82, 2.24) is 0 Å². The minimum atomic E-state index is -0.351. The average molecular weight is 156 g/mol. The zero-order valence-corrected chi connectivity index (χ0v) is 6.33. The molecule has 0 aliphatic carbocycles. The van der Waals surface area contributed by atoms with Crippen molar-refractivity contribution in [2.45, 2.75) is 6.92 Å². The summed E-state index contributed by atoms with van der Waals surface area (Å²) in [6.45, 7) is 4.74. The van der Waals surface area contributed by atoms with Gasteiger partial charge in [-0.1, -0.05) is 6.58 Å². The van der Waals surface area contributed by atoms with E-state index in [0.717, 1.165) is 0 Å². The van der Waals surface area contributed by atoms with Crippen LogP contribution in [0.25, 0.3) is 0 Å². The van der Waals surface area contributed by atoms with E-state index in [-0.39, 0.29) is 22.9 Å². The standard InChI is InChI=1S/C7H12N2O2/c1-3-5(11)7(9)6(8)4(2)10/h3,10-11H,2,8-9H2,1H3/b5-3+,7-6-. The molecule has 0 radical (unpaired) electrons. The van der Waals surface area contributed by atoms with Crippen molar-refractivity contribution < 1.29 is 10.2 Å². The highest BCUT2D eigenvalue weighted by atomic mass is 16.3. The van der Waals surface area contributed by atoms with Gasteiger partial charge in [0, 0.05) is 0 Å². The topological polar surface area (TPSA) is 92.5 Å².